The SMILES string of the molecule is CN=C(NCCc1nc(C)c(C)s1)NCc1ccnn1C. The molecule has 6 nitrogen and oxygen atoms in total. The summed E-state index contributed by atoms with van der Waals surface area (Å²) in [5.41, 5.74) is 2.25. The van der Waals surface area contributed by atoms with Crippen LogP contribution in [0.2, 0.25) is 0 Å². The third-order valence-electron chi connectivity index (χ3n) is 3.29. The zero-order valence-corrected chi connectivity index (χ0v) is 13.8. The molecule has 2 aromatic heterocycles. The number of rotatable bonds is 5. The average Bonchev–Trinajstić information content (AvgIpc) is 3.00. The maximum Gasteiger partial charge on any atom is 0.191 e. The summed E-state index contributed by atoms with van der Waals surface area (Å²) in [6, 6.07) is 1.99. The Bertz CT molecular complexity index is 593. The van der Waals surface area contributed by atoms with E-state index >= 15 is 0 Å². The minimum absolute atomic E-state index is 0.700. The van der Waals surface area contributed by atoms with Crippen molar-refractivity contribution >= 4 is 17.3 Å². The third-order valence-corrected chi connectivity index (χ3v) is 4.42. The maximum absolute atomic E-state index is 4.54. The molecule has 0 spiro atoms. The van der Waals surface area contributed by atoms with Crippen LogP contribution in [0.5, 0.6) is 0 Å². The second kappa shape index (κ2) is 7.21. The number of nitrogens with one attached hydrogen (secondary N) is 2. The summed E-state index contributed by atoms with van der Waals surface area (Å²) in [7, 11) is 3.70. The Morgan fingerprint density at radius 3 is 2.76 bits per heavy atom. The molecule has 0 atom stereocenters. The number of aryl methyl sites for hydroxylation is 3. The molecule has 7 heteroatoms. The predicted molar refractivity (Wildman–Crippen MR) is 86.7 cm³/mol. The van der Waals surface area contributed by atoms with Gasteiger partial charge in [0.25, 0.3) is 0 Å². The molecule has 2 heterocycles. The van der Waals surface area contributed by atoms with Gasteiger partial charge in [-0.05, 0) is 19.9 Å². The predicted octanol–water partition coefficient (Wildman–Crippen LogP) is 1.40. The first-order valence-corrected chi connectivity index (χ1v) is 7.76. The van der Waals surface area contributed by atoms with Crippen LogP contribution < -0.4 is 10.6 Å². The molecule has 0 aliphatic heterocycles. The lowest BCUT2D eigenvalue weighted by Crippen LogP contribution is -2.38. The van der Waals surface area contributed by atoms with E-state index in [1.807, 2.05) is 17.8 Å². The van der Waals surface area contributed by atoms with Gasteiger partial charge in [0.15, 0.2) is 5.96 Å². The van der Waals surface area contributed by atoms with Crippen molar-refractivity contribution in [3.63, 3.8) is 0 Å². The lowest BCUT2D eigenvalue weighted by atomic mass is 10.4. The molecule has 2 aromatic rings. The minimum atomic E-state index is 0.700. The molecule has 0 unspecified atom stereocenters. The Morgan fingerprint density at radius 1 is 1.38 bits per heavy atom. The van der Waals surface area contributed by atoms with E-state index < -0.39 is 0 Å². The molecule has 0 aliphatic rings. The second-order valence-corrected chi connectivity index (χ2v) is 6.09. The van der Waals surface area contributed by atoms with Crippen LogP contribution in [-0.4, -0.2) is 34.3 Å². The largest absolute Gasteiger partial charge is 0.356 e. The number of guanidine groups is 1. The number of hydrogen-bond acceptors (Lipinski definition) is 4. The summed E-state index contributed by atoms with van der Waals surface area (Å²) in [6.45, 7) is 5.68. The van der Waals surface area contributed by atoms with Crippen molar-refractivity contribution in [1.29, 1.82) is 0 Å². The Labute approximate surface area is 129 Å². The fourth-order valence-corrected chi connectivity index (χ4v) is 2.84. The van der Waals surface area contributed by atoms with Crippen molar-refractivity contribution in [3.05, 3.63) is 33.5 Å². The molecular formula is C14H22N6S. The van der Waals surface area contributed by atoms with Gasteiger partial charge in [-0.1, -0.05) is 0 Å². The van der Waals surface area contributed by atoms with Crippen LogP contribution in [-0.2, 0) is 20.0 Å². The van der Waals surface area contributed by atoms with Crippen molar-refractivity contribution in [2.45, 2.75) is 26.8 Å². The normalized spacial score (nSPS) is 11.7. The van der Waals surface area contributed by atoms with E-state index in [4.69, 9.17) is 0 Å². The Hall–Kier alpha value is -1.89. The highest BCUT2D eigenvalue weighted by molar-refractivity contribution is 7.11. The summed E-state index contributed by atoms with van der Waals surface area (Å²) in [5, 5.41) is 11.9. The van der Waals surface area contributed by atoms with E-state index in [0.29, 0.717) is 6.54 Å². The van der Waals surface area contributed by atoms with Crippen LogP contribution in [0.4, 0.5) is 0 Å². The van der Waals surface area contributed by atoms with Crippen LogP contribution in [0.25, 0.3) is 0 Å². The van der Waals surface area contributed by atoms with Crippen LogP contribution >= 0.6 is 11.3 Å². The van der Waals surface area contributed by atoms with E-state index in [1.165, 1.54) is 9.88 Å². The minimum Gasteiger partial charge on any atom is -0.356 e. The summed E-state index contributed by atoms with van der Waals surface area (Å²) in [4.78, 5) is 10.1. The quantitative estimate of drug-likeness (QED) is 0.647. The van der Waals surface area contributed by atoms with Gasteiger partial charge in [0.2, 0.25) is 0 Å². The number of nitrogens with zero attached hydrogens (tertiary/aromatic N) is 4. The first-order valence-electron chi connectivity index (χ1n) is 6.94. The van der Waals surface area contributed by atoms with Gasteiger partial charge in [0.05, 0.1) is 22.9 Å². The molecule has 0 aromatic carbocycles. The van der Waals surface area contributed by atoms with Gasteiger partial charge in [0.1, 0.15) is 0 Å². The van der Waals surface area contributed by atoms with Crippen molar-refractivity contribution in [3.8, 4) is 0 Å². The zero-order valence-electron chi connectivity index (χ0n) is 13.0. The van der Waals surface area contributed by atoms with Crippen molar-refractivity contribution in [2.24, 2.45) is 12.0 Å². The van der Waals surface area contributed by atoms with Crippen molar-refractivity contribution in [1.82, 2.24) is 25.4 Å². The molecule has 2 rings (SSSR count). The Balaban J connectivity index is 1.76. The number of aromatic nitrogens is 3. The summed E-state index contributed by atoms with van der Waals surface area (Å²) < 4.78 is 1.85. The molecule has 0 saturated carbocycles. The van der Waals surface area contributed by atoms with E-state index in [-0.39, 0.29) is 0 Å². The van der Waals surface area contributed by atoms with E-state index in [2.05, 4.69) is 39.6 Å². The molecule has 0 bridgehead atoms. The first-order chi connectivity index (χ1) is 10.1. The van der Waals surface area contributed by atoms with Crippen molar-refractivity contribution in [2.75, 3.05) is 13.6 Å². The molecule has 0 aliphatic carbocycles. The van der Waals surface area contributed by atoms with Crippen LogP contribution in [0.3, 0.4) is 0 Å². The van der Waals surface area contributed by atoms with Gasteiger partial charge in [-0.25, -0.2) is 4.98 Å². The van der Waals surface area contributed by atoms with Gasteiger partial charge in [-0.2, -0.15) is 5.10 Å². The van der Waals surface area contributed by atoms with Gasteiger partial charge >= 0.3 is 0 Å². The first kappa shape index (κ1) is 15.5. The molecule has 21 heavy (non-hydrogen) atoms. The molecule has 0 radical (unpaired) electrons. The average molecular weight is 306 g/mol. The van der Waals surface area contributed by atoms with Crippen LogP contribution in [0.1, 0.15) is 21.3 Å². The van der Waals surface area contributed by atoms with Crippen molar-refractivity contribution < 1.29 is 0 Å². The number of thiazole rings is 1. The molecule has 0 fully saturated rings. The summed E-state index contributed by atoms with van der Waals surface area (Å²) in [5.74, 6) is 0.793. The lowest BCUT2D eigenvalue weighted by molar-refractivity contribution is 0.684. The molecule has 0 amide bonds. The fraction of sp³-hybridized carbons (Fsp3) is 0.500. The molecular weight excluding hydrogens is 284 g/mol. The van der Waals surface area contributed by atoms with Gasteiger partial charge < -0.3 is 10.6 Å². The molecule has 114 valence electrons. The fourth-order valence-electron chi connectivity index (χ4n) is 1.90. The monoisotopic (exact) mass is 306 g/mol. The summed E-state index contributed by atoms with van der Waals surface area (Å²) in [6.07, 6.45) is 2.70. The Kier molecular flexibility index (Phi) is 5.32. The number of aliphatic imine (C=N–C) groups is 1. The third kappa shape index (κ3) is 4.29. The smallest absolute Gasteiger partial charge is 0.191 e. The van der Waals surface area contributed by atoms with E-state index in [0.717, 1.165) is 30.3 Å². The Morgan fingerprint density at radius 2 is 2.19 bits per heavy atom. The highest BCUT2D eigenvalue weighted by Crippen LogP contribution is 2.16. The molecule has 0 saturated heterocycles. The van der Waals surface area contributed by atoms with E-state index in [9.17, 15) is 0 Å². The van der Waals surface area contributed by atoms with Gasteiger partial charge in [-0.15, -0.1) is 11.3 Å². The van der Waals surface area contributed by atoms with E-state index in [1.54, 1.807) is 24.6 Å². The summed E-state index contributed by atoms with van der Waals surface area (Å²) >= 11 is 1.76. The maximum atomic E-state index is 4.54. The topological polar surface area (TPSA) is 67.1 Å². The van der Waals surface area contributed by atoms with Crippen LogP contribution in [0.15, 0.2) is 17.3 Å². The number of hydrogen-bond donors (Lipinski definition) is 2. The van der Waals surface area contributed by atoms with Gasteiger partial charge in [-0.3, -0.25) is 9.67 Å². The standard InChI is InChI=1S/C14H22N6S/c1-10-11(2)21-13(19-10)6-7-16-14(15-3)17-9-12-5-8-18-20(12)4/h5,8H,6-7,9H2,1-4H3,(H2,15,16,17). The molecule has 2 N–H and O–H groups in total. The second-order valence-electron chi connectivity index (χ2n) is 4.80. The van der Waals surface area contributed by atoms with Crippen LogP contribution in [0, 0.1) is 13.8 Å². The van der Waals surface area contributed by atoms with Gasteiger partial charge in [0, 0.05) is 38.1 Å². The highest BCUT2D eigenvalue weighted by atomic mass is 32.1. The highest BCUT2D eigenvalue weighted by Gasteiger charge is 2.04. The lowest BCUT2D eigenvalue weighted by Gasteiger charge is -2.11. The zero-order chi connectivity index (χ0) is 15.2.